The van der Waals surface area contributed by atoms with Crippen LogP contribution in [-0.4, -0.2) is 38.0 Å². The number of pyridine rings is 1. The van der Waals surface area contributed by atoms with Crippen molar-refractivity contribution in [3.05, 3.63) is 18.3 Å². The minimum Gasteiger partial charge on any atom is -0.399 e. The van der Waals surface area contributed by atoms with Crippen molar-refractivity contribution >= 4 is 22.4 Å². The molecular formula is C12H18BNO4S. The Hall–Kier alpha value is -0.915. The maximum atomic E-state index is 11.3. The van der Waals surface area contributed by atoms with Gasteiger partial charge >= 0.3 is 7.12 Å². The number of aromatic nitrogens is 1. The summed E-state index contributed by atoms with van der Waals surface area (Å²) in [6.45, 7) is 7.85. The fourth-order valence-electron chi connectivity index (χ4n) is 1.73. The Morgan fingerprint density at radius 3 is 2.00 bits per heavy atom. The van der Waals surface area contributed by atoms with Crippen LogP contribution < -0.4 is 5.46 Å². The van der Waals surface area contributed by atoms with Crippen LogP contribution in [0.4, 0.5) is 0 Å². The smallest absolute Gasteiger partial charge is 0.399 e. The molecule has 5 nitrogen and oxygen atoms in total. The molecule has 104 valence electrons. The number of rotatable bonds is 2. The lowest BCUT2D eigenvalue weighted by Gasteiger charge is -2.32. The Labute approximate surface area is 114 Å². The van der Waals surface area contributed by atoms with Crippen molar-refractivity contribution in [3.63, 3.8) is 0 Å². The molecular weight excluding hydrogens is 265 g/mol. The molecule has 0 bridgehead atoms. The maximum Gasteiger partial charge on any atom is 0.496 e. The Bertz CT molecular complexity index is 564. The van der Waals surface area contributed by atoms with Gasteiger partial charge in [0.1, 0.15) is 0 Å². The monoisotopic (exact) mass is 283 g/mol. The zero-order chi connectivity index (χ0) is 14.5. The van der Waals surface area contributed by atoms with Crippen LogP contribution in [0, 0.1) is 0 Å². The largest absolute Gasteiger partial charge is 0.496 e. The van der Waals surface area contributed by atoms with Gasteiger partial charge in [0, 0.05) is 17.9 Å². The predicted octanol–water partition coefficient (Wildman–Crippen LogP) is 0.784. The van der Waals surface area contributed by atoms with Gasteiger partial charge in [-0.3, -0.25) is 0 Å². The van der Waals surface area contributed by atoms with Crippen LogP contribution in [0.1, 0.15) is 27.7 Å². The van der Waals surface area contributed by atoms with E-state index in [9.17, 15) is 8.42 Å². The molecule has 0 unspecified atom stereocenters. The van der Waals surface area contributed by atoms with Gasteiger partial charge in [-0.15, -0.1) is 0 Å². The molecule has 1 fully saturated rings. The van der Waals surface area contributed by atoms with Crippen LogP contribution in [0.2, 0.25) is 0 Å². The van der Waals surface area contributed by atoms with Crippen LogP contribution in [0.3, 0.4) is 0 Å². The molecule has 7 heteroatoms. The zero-order valence-corrected chi connectivity index (χ0v) is 12.6. The highest BCUT2D eigenvalue weighted by Crippen LogP contribution is 2.36. The molecule has 0 aromatic carbocycles. The van der Waals surface area contributed by atoms with Crippen molar-refractivity contribution in [2.24, 2.45) is 0 Å². The van der Waals surface area contributed by atoms with E-state index in [0.717, 1.165) is 6.26 Å². The lowest BCUT2D eigenvalue weighted by atomic mass is 9.80. The first kappa shape index (κ1) is 14.5. The third-order valence-electron chi connectivity index (χ3n) is 3.66. The van der Waals surface area contributed by atoms with Gasteiger partial charge in [0.2, 0.25) is 0 Å². The van der Waals surface area contributed by atoms with Gasteiger partial charge in [0.25, 0.3) is 0 Å². The zero-order valence-electron chi connectivity index (χ0n) is 11.8. The lowest BCUT2D eigenvalue weighted by Crippen LogP contribution is -2.41. The van der Waals surface area contributed by atoms with Gasteiger partial charge in [-0.2, -0.15) is 0 Å². The molecule has 0 N–H and O–H groups in total. The highest BCUT2D eigenvalue weighted by Gasteiger charge is 2.51. The minimum absolute atomic E-state index is 0.0489. The summed E-state index contributed by atoms with van der Waals surface area (Å²) in [4.78, 5) is 3.94. The van der Waals surface area contributed by atoms with Gasteiger partial charge in [-0.05, 0) is 33.8 Å². The third-order valence-corrected chi connectivity index (χ3v) is 4.67. The van der Waals surface area contributed by atoms with Crippen molar-refractivity contribution in [3.8, 4) is 0 Å². The van der Waals surface area contributed by atoms with E-state index in [1.54, 1.807) is 6.07 Å². The summed E-state index contributed by atoms with van der Waals surface area (Å²) in [6.07, 6.45) is 2.61. The molecule has 1 aromatic heterocycles. The van der Waals surface area contributed by atoms with Gasteiger partial charge in [0.15, 0.2) is 14.9 Å². The summed E-state index contributed by atoms with van der Waals surface area (Å²) in [5.41, 5.74) is -0.133. The van der Waals surface area contributed by atoms with Crippen LogP contribution in [0.25, 0.3) is 0 Å². The molecule has 1 aromatic rings. The SMILES string of the molecule is CC1(C)OB(c2ccc(S(C)(=O)=O)nc2)OC1(C)C. The van der Waals surface area contributed by atoms with E-state index < -0.39 is 28.2 Å². The summed E-state index contributed by atoms with van der Waals surface area (Å²) in [5, 5.41) is 0.0489. The molecule has 1 aliphatic heterocycles. The molecule has 0 amide bonds. The fraction of sp³-hybridized carbons (Fsp3) is 0.583. The Kier molecular flexibility index (Phi) is 3.28. The second-order valence-corrected chi connectivity index (χ2v) is 7.75. The highest BCUT2D eigenvalue weighted by atomic mass is 32.2. The maximum absolute atomic E-state index is 11.3. The summed E-state index contributed by atoms with van der Waals surface area (Å²) in [5.74, 6) is 0. The topological polar surface area (TPSA) is 65.5 Å². The van der Waals surface area contributed by atoms with Crippen molar-refractivity contribution < 1.29 is 17.7 Å². The van der Waals surface area contributed by atoms with Crippen LogP contribution >= 0.6 is 0 Å². The first-order valence-corrected chi connectivity index (χ1v) is 7.94. The van der Waals surface area contributed by atoms with E-state index in [2.05, 4.69) is 4.98 Å². The molecule has 19 heavy (non-hydrogen) atoms. The number of sulfone groups is 1. The van der Waals surface area contributed by atoms with E-state index in [1.807, 2.05) is 27.7 Å². The van der Waals surface area contributed by atoms with Crippen molar-refractivity contribution in [1.82, 2.24) is 4.98 Å². The number of nitrogens with zero attached hydrogens (tertiary/aromatic N) is 1. The van der Waals surface area contributed by atoms with Gasteiger partial charge in [-0.25, -0.2) is 13.4 Å². The average molecular weight is 283 g/mol. The first-order valence-electron chi connectivity index (χ1n) is 6.05. The number of hydrogen-bond donors (Lipinski definition) is 0. The molecule has 0 aliphatic carbocycles. The second-order valence-electron chi connectivity index (χ2n) is 5.79. The fourth-order valence-corrected chi connectivity index (χ4v) is 2.29. The highest BCUT2D eigenvalue weighted by molar-refractivity contribution is 7.90. The van der Waals surface area contributed by atoms with E-state index >= 15 is 0 Å². The van der Waals surface area contributed by atoms with Crippen LogP contribution in [-0.2, 0) is 19.1 Å². The summed E-state index contributed by atoms with van der Waals surface area (Å²) < 4.78 is 34.4. The molecule has 2 rings (SSSR count). The molecule has 0 radical (unpaired) electrons. The Morgan fingerprint density at radius 2 is 1.63 bits per heavy atom. The molecule has 0 atom stereocenters. The minimum atomic E-state index is -3.28. The van der Waals surface area contributed by atoms with Gasteiger partial charge in [0.05, 0.1) is 11.2 Å². The van der Waals surface area contributed by atoms with Crippen molar-refractivity contribution in [2.45, 2.75) is 43.9 Å². The molecule has 0 saturated carbocycles. The van der Waals surface area contributed by atoms with Crippen molar-refractivity contribution in [1.29, 1.82) is 0 Å². The Morgan fingerprint density at radius 1 is 1.11 bits per heavy atom. The lowest BCUT2D eigenvalue weighted by molar-refractivity contribution is 0.00578. The van der Waals surface area contributed by atoms with E-state index in [4.69, 9.17) is 9.31 Å². The second kappa shape index (κ2) is 4.29. The quantitative estimate of drug-likeness (QED) is 0.751. The summed E-state index contributed by atoms with van der Waals surface area (Å²) in [6, 6.07) is 3.14. The summed E-state index contributed by atoms with van der Waals surface area (Å²) in [7, 11) is -3.80. The molecule has 2 heterocycles. The van der Waals surface area contributed by atoms with Crippen LogP contribution in [0.15, 0.2) is 23.4 Å². The molecule has 0 spiro atoms. The number of hydrogen-bond acceptors (Lipinski definition) is 5. The Balaban J connectivity index is 2.26. The normalized spacial score (nSPS) is 21.6. The standard InChI is InChI=1S/C12H18BNO4S/c1-11(2)12(3,4)18-13(17-11)9-6-7-10(14-8-9)19(5,15)16/h6-8H,1-5H3. The molecule has 1 aliphatic rings. The van der Waals surface area contributed by atoms with E-state index in [-0.39, 0.29) is 5.03 Å². The predicted molar refractivity (Wildman–Crippen MR) is 73.1 cm³/mol. The summed E-state index contributed by atoms with van der Waals surface area (Å²) >= 11 is 0. The molecule has 1 saturated heterocycles. The van der Waals surface area contributed by atoms with E-state index in [0.29, 0.717) is 5.46 Å². The van der Waals surface area contributed by atoms with Crippen molar-refractivity contribution in [2.75, 3.05) is 6.26 Å². The van der Waals surface area contributed by atoms with Crippen LogP contribution in [0.5, 0.6) is 0 Å². The van der Waals surface area contributed by atoms with E-state index in [1.165, 1.54) is 12.3 Å². The van der Waals surface area contributed by atoms with Gasteiger partial charge < -0.3 is 9.31 Å². The third kappa shape index (κ3) is 2.68. The van der Waals surface area contributed by atoms with Gasteiger partial charge in [-0.1, -0.05) is 6.07 Å². The average Bonchev–Trinajstić information content (AvgIpc) is 2.47. The first-order chi connectivity index (χ1) is 8.53.